The molecule has 1 aromatic heterocycles. The van der Waals surface area contributed by atoms with Gasteiger partial charge in [-0.3, -0.25) is 4.68 Å². The van der Waals surface area contributed by atoms with Crippen LogP contribution in [-0.4, -0.2) is 16.3 Å². The topological polar surface area (TPSA) is 29.9 Å². The van der Waals surface area contributed by atoms with Crippen LogP contribution in [0.5, 0.6) is 0 Å². The highest BCUT2D eigenvalue weighted by Crippen LogP contribution is 2.11. The summed E-state index contributed by atoms with van der Waals surface area (Å²) in [6, 6.07) is 2.62. The summed E-state index contributed by atoms with van der Waals surface area (Å²) in [6.45, 7) is 8.73. The summed E-state index contributed by atoms with van der Waals surface area (Å²) in [7, 11) is 0. The van der Waals surface area contributed by atoms with Crippen LogP contribution in [0.15, 0.2) is 12.3 Å². The van der Waals surface area contributed by atoms with Crippen molar-refractivity contribution >= 4 is 0 Å². The molecule has 1 atom stereocenters. The summed E-state index contributed by atoms with van der Waals surface area (Å²) in [4.78, 5) is 0. The largest absolute Gasteiger partial charge is 0.311 e. The first-order chi connectivity index (χ1) is 8.29. The molecule has 17 heavy (non-hydrogen) atoms. The minimum absolute atomic E-state index is 0.502. The van der Waals surface area contributed by atoms with E-state index in [9.17, 15) is 0 Å². The molecule has 0 aliphatic carbocycles. The fraction of sp³-hybridized carbons (Fsp3) is 0.786. The van der Waals surface area contributed by atoms with Crippen molar-refractivity contribution in [2.24, 2.45) is 0 Å². The Morgan fingerprint density at radius 1 is 1.29 bits per heavy atom. The van der Waals surface area contributed by atoms with Crippen molar-refractivity contribution in [1.29, 1.82) is 0 Å². The van der Waals surface area contributed by atoms with E-state index in [1.165, 1.54) is 31.4 Å². The van der Waals surface area contributed by atoms with Gasteiger partial charge >= 0.3 is 0 Å². The Morgan fingerprint density at radius 2 is 2.12 bits per heavy atom. The Bertz CT molecular complexity index is 293. The maximum absolute atomic E-state index is 4.39. The monoisotopic (exact) mass is 237 g/mol. The Balaban J connectivity index is 2.24. The van der Waals surface area contributed by atoms with Gasteiger partial charge in [0, 0.05) is 18.8 Å². The van der Waals surface area contributed by atoms with Crippen LogP contribution in [0.4, 0.5) is 0 Å². The van der Waals surface area contributed by atoms with Crippen molar-refractivity contribution < 1.29 is 0 Å². The van der Waals surface area contributed by atoms with Crippen molar-refractivity contribution in [3.05, 3.63) is 18.0 Å². The molecular weight excluding hydrogens is 210 g/mol. The van der Waals surface area contributed by atoms with Crippen LogP contribution in [0.3, 0.4) is 0 Å². The second-order valence-electron chi connectivity index (χ2n) is 4.76. The molecule has 0 bridgehead atoms. The first kappa shape index (κ1) is 14.2. The molecule has 0 spiro atoms. The van der Waals surface area contributed by atoms with E-state index in [4.69, 9.17) is 0 Å². The Hall–Kier alpha value is -0.830. The molecule has 1 N–H and O–H groups in total. The van der Waals surface area contributed by atoms with Crippen LogP contribution >= 0.6 is 0 Å². The van der Waals surface area contributed by atoms with Gasteiger partial charge < -0.3 is 5.32 Å². The summed E-state index contributed by atoms with van der Waals surface area (Å²) in [6.07, 6.45) is 8.32. The van der Waals surface area contributed by atoms with Gasteiger partial charge in [0.25, 0.3) is 0 Å². The van der Waals surface area contributed by atoms with Crippen molar-refractivity contribution in [3.8, 4) is 0 Å². The van der Waals surface area contributed by atoms with Gasteiger partial charge in [0.15, 0.2) is 0 Å². The molecule has 0 aromatic carbocycles. The van der Waals surface area contributed by atoms with E-state index < -0.39 is 0 Å². The molecule has 3 heteroatoms. The van der Waals surface area contributed by atoms with Crippen molar-refractivity contribution in [3.63, 3.8) is 0 Å². The van der Waals surface area contributed by atoms with Crippen LogP contribution in [0.2, 0.25) is 0 Å². The van der Waals surface area contributed by atoms with Crippen LogP contribution in [-0.2, 0) is 6.54 Å². The van der Waals surface area contributed by atoms with E-state index in [2.05, 4.69) is 41.9 Å². The highest BCUT2D eigenvalue weighted by Gasteiger charge is 2.07. The Kier molecular flexibility index (Phi) is 6.94. The molecular formula is C14H27N3. The number of hydrogen-bond acceptors (Lipinski definition) is 2. The molecule has 0 amide bonds. The average molecular weight is 237 g/mol. The van der Waals surface area contributed by atoms with Crippen molar-refractivity contribution in [1.82, 2.24) is 15.1 Å². The van der Waals surface area contributed by atoms with Crippen LogP contribution in [0.25, 0.3) is 0 Å². The molecule has 98 valence electrons. The first-order valence-electron chi connectivity index (χ1n) is 7.02. The average Bonchev–Trinajstić information content (AvgIpc) is 2.81. The van der Waals surface area contributed by atoms with Gasteiger partial charge in [0.1, 0.15) is 0 Å². The normalized spacial score (nSPS) is 12.9. The quantitative estimate of drug-likeness (QED) is 0.666. The molecule has 1 heterocycles. The molecule has 0 fully saturated rings. The van der Waals surface area contributed by atoms with E-state index in [0.717, 1.165) is 19.5 Å². The maximum Gasteiger partial charge on any atom is 0.0525 e. The third-order valence-electron chi connectivity index (χ3n) is 3.27. The molecule has 0 saturated heterocycles. The van der Waals surface area contributed by atoms with E-state index >= 15 is 0 Å². The van der Waals surface area contributed by atoms with Gasteiger partial charge in [-0.2, -0.15) is 5.10 Å². The molecule has 3 nitrogen and oxygen atoms in total. The number of aromatic nitrogens is 2. The fourth-order valence-corrected chi connectivity index (χ4v) is 1.94. The summed E-state index contributed by atoms with van der Waals surface area (Å²) >= 11 is 0. The molecule has 0 saturated carbocycles. The molecule has 0 aliphatic heterocycles. The van der Waals surface area contributed by atoms with Gasteiger partial charge in [0.05, 0.1) is 5.69 Å². The van der Waals surface area contributed by atoms with E-state index in [0.29, 0.717) is 6.04 Å². The number of rotatable bonds is 9. The Labute approximate surface area is 106 Å². The predicted octanol–water partition coefficient (Wildman–Crippen LogP) is 3.52. The van der Waals surface area contributed by atoms with Crippen LogP contribution < -0.4 is 5.32 Å². The molecule has 1 rings (SSSR count). The lowest BCUT2D eigenvalue weighted by atomic mass is 10.2. The molecule has 0 unspecified atom stereocenters. The van der Waals surface area contributed by atoms with E-state index in [1.54, 1.807) is 0 Å². The number of hydrogen-bond donors (Lipinski definition) is 1. The first-order valence-corrected chi connectivity index (χ1v) is 7.02. The summed E-state index contributed by atoms with van der Waals surface area (Å²) in [5.74, 6) is 0. The lowest BCUT2D eigenvalue weighted by Gasteiger charge is -2.14. The smallest absolute Gasteiger partial charge is 0.0525 e. The van der Waals surface area contributed by atoms with Crippen molar-refractivity contribution in [2.45, 2.75) is 65.5 Å². The second-order valence-corrected chi connectivity index (χ2v) is 4.76. The lowest BCUT2D eigenvalue weighted by molar-refractivity contribution is 0.450. The van der Waals surface area contributed by atoms with Gasteiger partial charge in [-0.1, -0.05) is 33.1 Å². The number of nitrogens with one attached hydrogen (secondary N) is 1. The predicted molar refractivity (Wildman–Crippen MR) is 73.1 cm³/mol. The SMILES string of the molecule is CCCCCCNCc1ccnn1[C@@H](C)CC. The molecule has 0 radical (unpaired) electrons. The van der Waals surface area contributed by atoms with Crippen LogP contribution in [0, 0.1) is 0 Å². The van der Waals surface area contributed by atoms with E-state index in [-0.39, 0.29) is 0 Å². The van der Waals surface area contributed by atoms with Gasteiger partial charge in [-0.15, -0.1) is 0 Å². The number of unbranched alkanes of at least 4 members (excludes halogenated alkanes) is 3. The highest BCUT2D eigenvalue weighted by molar-refractivity contribution is 5.01. The highest BCUT2D eigenvalue weighted by atomic mass is 15.3. The standard InChI is InChI=1S/C14H27N3/c1-4-6-7-8-10-15-12-14-9-11-16-17(14)13(3)5-2/h9,11,13,15H,4-8,10,12H2,1-3H3/t13-/m0/s1. The number of nitrogens with zero attached hydrogens (tertiary/aromatic N) is 2. The summed E-state index contributed by atoms with van der Waals surface area (Å²) in [5, 5.41) is 7.90. The van der Waals surface area contributed by atoms with Gasteiger partial charge in [0.2, 0.25) is 0 Å². The minimum Gasteiger partial charge on any atom is -0.311 e. The Morgan fingerprint density at radius 3 is 2.82 bits per heavy atom. The zero-order chi connectivity index (χ0) is 12.5. The minimum atomic E-state index is 0.502. The lowest BCUT2D eigenvalue weighted by Crippen LogP contribution is -2.19. The third-order valence-corrected chi connectivity index (χ3v) is 3.27. The maximum atomic E-state index is 4.39. The zero-order valence-electron chi connectivity index (χ0n) is 11.6. The van der Waals surface area contributed by atoms with E-state index in [1.807, 2.05) is 6.20 Å². The second kappa shape index (κ2) is 8.29. The zero-order valence-corrected chi connectivity index (χ0v) is 11.6. The summed E-state index contributed by atoms with van der Waals surface area (Å²) < 4.78 is 2.14. The molecule has 0 aliphatic rings. The summed E-state index contributed by atoms with van der Waals surface area (Å²) in [5.41, 5.74) is 1.30. The molecule has 1 aromatic rings. The third kappa shape index (κ3) is 4.90. The van der Waals surface area contributed by atoms with Gasteiger partial charge in [-0.05, 0) is 32.4 Å². The van der Waals surface area contributed by atoms with Gasteiger partial charge in [-0.25, -0.2) is 0 Å². The van der Waals surface area contributed by atoms with Crippen LogP contribution in [0.1, 0.15) is 64.6 Å². The van der Waals surface area contributed by atoms with Crippen molar-refractivity contribution in [2.75, 3.05) is 6.54 Å². The fourth-order valence-electron chi connectivity index (χ4n) is 1.94.